The van der Waals surface area contributed by atoms with Crippen molar-refractivity contribution in [2.24, 2.45) is 0 Å². The van der Waals surface area contributed by atoms with Crippen molar-refractivity contribution in [2.75, 3.05) is 13.2 Å². The Hall–Kier alpha value is -2.20. The third-order valence-electron chi connectivity index (χ3n) is 2.74. The minimum absolute atomic E-state index is 0.0982. The standard InChI is InChI=1S/C15H14O4/c16-14-7-6-12(19-11-4-2-1-3-5-11)8-15(14)18-10-13-9-17-13/h1-8,13,16H,9-10H2. The average molecular weight is 258 g/mol. The number of phenols is 1. The van der Waals surface area contributed by atoms with Crippen LogP contribution in [0.1, 0.15) is 0 Å². The monoisotopic (exact) mass is 258 g/mol. The Balaban J connectivity index is 1.72. The minimum Gasteiger partial charge on any atom is -0.504 e. The predicted octanol–water partition coefficient (Wildman–Crippen LogP) is 2.96. The number of hydrogen-bond acceptors (Lipinski definition) is 4. The van der Waals surface area contributed by atoms with Crippen LogP contribution in [0.4, 0.5) is 0 Å². The molecule has 0 spiro atoms. The first-order valence-electron chi connectivity index (χ1n) is 6.11. The molecular weight excluding hydrogens is 244 g/mol. The molecule has 4 heteroatoms. The van der Waals surface area contributed by atoms with Crippen LogP contribution >= 0.6 is 0 Å². The molecule has 1 heterocycles. The van der Waals surface area contributed by atoms with Gasteiger partial charge >= 0.3 is 0 Å². The summed E-state index contributed by atoms with van der Waals surface area (Å²) in [5.74, 6) is 1.87. The molecule has 19 heavy (non-hydrogen) atoms. The maximum atomic E-state index is 9.71. The van der Waals surface area contributed by atoms with Gasteiger partial charge in [0.1, 0.15) is 24.2 Å². The molecule has 0 saturated carbocycles. The maximum absolute atomic E-state index is 9.71. The molecule has 2 aromatic carbocycles. The van der Waals surface area contributed by atoms with Gasteiger partial charge in [0.05, 0.1) is 6.61 Å². The van der Waals surface area contributed by atoms with Crippen LogP contribution in [0.2, 0.25) is 0 Å². The van der Waals surface area contributed by atoms with Crippen LogP contribution in [0, 0.1) is 0 Å². The maximum Gasteiger partial charge on any atom is 0.164 e. The number of para-hydroxylation sites is 1. The molecule has 1 aliphatic rings. The normalized spacial score (nSPS) is 16.9. The zero-order chi connectivity index (χ0) is 13.1. The molecule has 1 aliphatic heterocycles. The first kappa shape index (κ1) is 11.9. The summed E-state index contributed by atoms with van der Waals surface area (Å²) in [6.45, 7) is 1.17. The third-order valence-corrected chi connectivity index (χ3v) is 2.74. The van der Waals surface area contributed by atoms with Gasteiger partial charge < -0.3 is 19.3 Å². The molecule has 0 aliphatic carbocycles. The van der Waals surface area contributed by atoms with Gasteiger partial charge in [-0.05, 0) is 24.3 Å². The van der Waals surface area contributed by atoms with Gasteiger partial charge in [-0.1, -0.05) is 18.2 Å². The van der Waals surface area contributed by atoms with Gasteiger partial charge in [-0.25, -0.2) is 0 Å². The minimum atomic E-state index is 0.0982. The summed E-state index contributed by atoms with van der Waals surface area (Å²) in [4.78, 5) is 0. The zero-order valence-corrected chi connectivity index (χ0v) is 10.3. The number of aromatic hydroxyl groups is 1. The highest BCUT2D eigenvalue weighted by molar-refractivity contribution is 5.45. The van der Waals surface area contributed by atoms with Crippen molar-refractivity contribution in [3.8, 4) is 23.0 Å². The highest BCUT2D eigenvalue weighted by Gasteiger charge is 2.23. The van der Waals surface area contributed by atoms with E-state index < -0.39 is 0 Å². The van der Waals surface area contributed by atoms with Crippen molar-refractivity contribution in [1.29, 1.82) is 0 Å². The second-order valence-electron chi connectivity index (χ2n) is 4.31. The lowest BCUT2D eigenvalue weighted by Gasteiger charge is -2.10. The predicted molar refractivity (Wildman–Crippen MR) is 69.9 cm³/mol. The Morgan fingerprint density at radius 1 is 1.11 bits per heavy atom. The lowest BCUT2D eigenvalue weighted by molar-refractivity contribution is 0.253. The van der Waals surface area contributed by atoms with E-state index in [1.54, 1.807) is 18.2 Å². The lowest BCUT2D eigenvalue weighted by Crippen LogP contribution is -2.04. The Labute approximate surface area is 111 Å². The number of ether oxygens (including phenoxy) is 3. The number of rotatable bonds is 5. The van der Waals surface area contributed by atoms with Crippen molar-refractivity contribution in [3.63, 3.8) is 0 Å². The van der Waals surface area contributed by atoms with E-state index in [2.05, 4.69) is 0 Å². The number of hydrogen-bond donors (Lipinski definition) is 1. The van der Waals surface area contributed by atoms with Gasteiger partial charge in [-0.2, -0.15) is 0 Å². The Bertz CT molecular complexity index is 549. The van der Waals surface area contributed by atoms with Crippen LogP contribution in [-0.4, -0.2) is 24.4 Å². The summed E-state index contributed by atoms with van der Waals surface area (Å²) < 4.78 is 16.2. The number of benzene rings is 2. The molecule has 2 aromatic rings. The van der Waals surface area contributed by atoms with Gasteiger partial charge in [0.25, 0.3) is 0 Å². The molecule has 1 saturated heterocycles. The molecule has 1 atom stereocenters. The molecule has 1 N–H and O–H groups in total. The summed E-state index contributed by atoms with van der Waals surface area (Å²) in [7, 11) is 0. The molecule has 1 unspecified atom stereocenters. The zero-order valence-electron chi connectivity index (χ0n) is 10.3. The largest absolute Gasteiger partial charge is 0.504 e. The van der Waals surface area contributed by atoms with Crippen LogP contribution in [0.25, 0.3) is 0 Å². The third kappa shape index (κ3) is 3.17. The van der Waals surface area contributed by atoms with Crippen LogP contribution in [0.5, 0.6) is 23.0 Å². The first-order chi connectivity index (χ1) is 9.31. The van der Waals surface area contributed by atoms with Gasteiger partial charge in [0.15, 0.2) is 11.5 Å². The molecule has 0 bridgehead atoms. The second-order valence-corrected chi connectivity index (χ2v) is 4.31. The van der Waals surface area contributed by atoms with Crippen molar-refractivity contribution in [2.45, 2.75) is 6.10 Å². The van der Waals surface area contributed by atoms with E-state index >= 15 is 0 Å². The van der Waals surface area contributed by atoms with E-state index in [1.165, 1.54) is 0 Å². The van der Waals surface area contributed by atoms with Crippen LogP contribution in [0.3, 0.4) is 0 Å². The van der Waals surface area contributed by atoms with Crippen molar-refractivity contribution in [3.05, 3.63) is 48.5 Å². The van der Waals surface area contributed by atoms with E-state index in [0.717, 1.165) is 12.4 Å². The van der Waals surface area contributed by atoms with Crippen LogP contribution in [-0.2, 0) is 4.74 Å². The van der Waals surface area contributed by atoms with Crippen molar-refractivity contribution in [1.82, 2.24) is 0 Å². The fraction of sp³-hybridized carbons (Fsp3) is 0.200. The highest BCUT2D eigenvalue weighted by atomic mass is 16.6. The smallest absolute Gasteiger partial charge is 0.164 e. The van der Waals surface area contributed by atoms with E-state index in [1.807, 2.05) is 30.3 Å². The SMILES string of the molecule is Oc1ccc(Oc2ccccc2)cc1OCC1CO1. The summed E-state index contributed by atoms with van der Waals surface area (Å²) in [6.07, 6.45) is 0.151. The Morgan fingerprint density at radius 3 is 2.63 bits per heavy atom. The van der Waals surface area contributed by atoms with Crippen molar-refractivity contribution >= 4 is 0 Å². The molecule has 1 fully saturated rings. The number of phenolic OH excluding ortho intramolecular Hbond substituents is 1. The molecular formula is C15H14O4. The van der Waals surface area contributed by atoms with Gasteiger partial charge in [0, 0.05) is 6.07 Å². The highest BCUT2D eigenvalue weighted by Crippen LogP contribution is 2.33. The molecule has 4 nitrogen and oxygen atoms in total. The van der Waals surface area contributed by atoms with Crippen molar-refractivity contribution < 1.29 is 19.3 Å². The van der Waals surface area contributed by atoms with Crippen LogP contribution in [0.15, 0.2) is 48.5 Å². The Morgan fingerprint density at radius 2 is 1.89 bits per heavy atom. The first-order valence-corrected chi connectivity index (χ1v) is 6.11. The molecule has 0 amide bonds. The number of epoxide rings is 1. The second kappa shape index (κ2) is 5.20. The lowest BCUT2D eigenvalue weighted by atomic mass is 10.3. The fourth-order valence-electron chi connectivity index (χ4n) is 1.65. The summed E-state index contributed by atoms with van der Waals surface area (Å²) in [5, 5.41) is 9.71. The molecule has 0 aromatic heterocycles. The van der Waals surface area contributed by atoms with E-state index in [-0.39, 0.29) is 11.9 Å². The van der Waals surface area contributed by atoms with Gasteiger partial charge in [-0.3, -0.25) is 0 Å². The topological polar surface area (TPSA) is 51.2 Å². The van der Waals surface area contributed by atoms with Gasteiger partial charge in [-0.15, -0.1) is 0 Å². The summed E-state index contributed by atoms with van der Waals surface area (Å²) >= 11 is 0. The average Bonchev–Trinajstić information content (AvgIpc) is 3.25. The Kier molecular flexibility index (Phi) is 3.25. The summed E-state index contributed by atoms with van der Waals surface area (Å²) in [6, 6.07) is 14.4. The van der Waals surface area contributed by atoms with Gasteiger partial charge in [0.2, 0.25) is 0 Å². The van der Waals surface area contributed by atoms with E-state index in [0.29, 0.717) is 18.1 Å². The molecule has 3 rings (SSSR count). The van der Waals surface area contributed by atoms with E-state index in [4.69, 9.17) is 14.2 Å². The fourth-order valence-corrected chi connectivity index (χ4v) is 1.65. The summed E-state index contributed by atoms with van der Waals surface area (Å²) in [5.41, 5.74) is 0. The molecule has 98 valence electrons. The molecule has 0 radical (unpaired) electrons. The quantitative estimate of drug-likeness (QED) is 0.838. The van der Waals surface area contributed by atoms with Crippen LogP contribution < -0.4 is 9.47 Å². The van der Waals surface area contributed by atoms with E-state index in [9.17, 15) is 5.11 Å².